The van der Waals surface area contributed by atoms with Crippen molar-refractivity contribution in [1.82, 2.24) is 4.90 Å². The van der Waals surface area contributed by atoms with Crippen molar-refractivity contribution in [2.24, 2.45) is 23.7 Å². The van der Waals surface area contributed by atoms with Gasteiger partial charge in [-0.2, -0.15) is 0 Å². The second kappa shape index (κ2) is 5.58. The number of carbonyl (C=O) groups is 3. The molecule has 5 heteroatoms. The zero-order chi connectivity index (χ0) is 16.8. The minimum absolute atomic E-state index is 0.144. The third kappa shape index (κ3) is 2.19. The number of para-hydroxylation sites is 1. The monoisotopic (exact) mass is 324 g/mol. The molecule has 5 rings (SSSR count). The van der Waals surface area contributed by atoms with Crippen molar-refractivity contribution in [1.29, 1.82) is 0 Å². The van der Waals surface area contributed by atoms with E-state index in [1.54, 1.807) is 19.1 Å². The summed E-state index contributed by atoms with van der Waals surface area (Å²) >= 11 is 0. The molecule has 1 heterocycles. The van der Waals surface area contributed by atoms with Crippen molar-refractivity contribution in [2.75, 3.05) is 5.32 Å². The van der Waals surface area contributed by atoms with Gasteiger partial charge in [0.15, 0.2) is 0 Å². The van der Waals surface area contributed by atoms with Crippen molar-refractivity contribution in [2.45, 2.75) is 25.8 Å². The maximum atomic E-state index is 12.8. The number of imide groups is 1. The van der Waals surface area contributed by atoms with Gasteiger partial charge in [-0.3, -0.25) is 19.3 Å². The Morgan fingerprint density at radius 2 is 1.58 bits per heavy atom. The average molecular weight is 324 g/mol. The van der Waals surface area contributed by atoms with Gasteiger partial charge in [0.05, 0.1) is 11.8 Å². The first-order chi connectivity index (χ1) is 11.6. The summed E-state index contributed by atoms with van der Waals surface area (Å²) in [5, 5.41) is 2.78. The molecule has 124 valence electrons. The van der Waals surface area contributed by atoms with E-state index in [1.165, 1.54) is 4.90 Å². The average Bonchev–Trinajstić information content (AvgIpc) is 2.89. The van der Waals surface area contributed by atoms with E-state index in [4.69, 9.17) is 0 Å². The van der Waals surface area contributed by atoms with Gasteiger partial charge >= 0.3 is 0 Å². The van der Waals surface area contributed by atoms with Crippen molar-refractivity contribution in [3.05, 3.63) is 42.5 Å². The summed E-state index contributed by atoms with van der Waals surface area (Å²) < 4.78 is 0. The molecule has 24 heavy (non-hydrogen) atoms. The summed E-state index contributed by atoms with van der Waals surface area (Å²) in [6, 6.07) is 8.27. The number of fused-ring (bicyclic) bond motifs is 1. The first kappa shape index (κ1) is 15.1. The predicted octanol–water partition coefficient (Wildman–Crippen LogP) is 2.21. The molecule has 4 aliphatic rings. The molecule has 0 spiro atoms. The standard InChI is InChI=1S/C19H20N2O3/c1-11(17(22)20-14-5-3-2-4-6-14)21-18(23)15-12-7-8-13(10-9-12)16(15)19(21)24/h2-8,11-13,15-16H,9-10H2,1H3,(H,20,22). The third-order valence-corrected chi connectivity index (χ3v) is 5.60. The number of rotatable bonds is 3. The summed E-state index contributed by atoms with van der Waals surface area (Å²) in [6.45, 7) is 1.63. The van der Waals surface area contributed by atoms with Gasteiger partial charge in [0.1, 0.15) is 6.04 Å². The number of amides is 3. The lowest BCUT2D eigenvalue weighted by atomic mass is 9.63. The summed E-state index contributed by atoms with van der Waals surface area (Å²) in [7, 11) is 0. The van der Waals surface area contributed by atoms with Gasteiger partial charge < -0.3 is 5.32 Å². The summed E-state index contributed by atoms with van der Waals surface area (Å²) in [6.07, 6.45) is 6.08. The Balaban J connectivity index is 1.55. The molecule has 0 radical (unpaired) electrons. The summed E-state index contributed by atoms with van der Waals surface area (Å²) in [4.78, 5) is 39.4. The quantitative estimate of drug-likeness (QED) is 0.685. The number of benzene rings is 1. The maximum absolute atomic E-state index is 12.8. The van der Waals surface area contributed by atoms with Gasteiger partial charge in [0.25, 0.3) is 0 Å². The highest BCUT2D eigenvalue weighted by molar-refractivity contribution is 6.10. The lowest BCUT2D eigenvalue weighted by molar-refractivity contribution is -0.146. The number of carbonyl (C=O) groups excluding carboxylic acids is 3. The molecule has 1 saturated heterocycles. The van der Waals surface area contributed by atoms with Gasteiger partial charge in [-0.15, -0.1) is 0 Å². The van der Waals surface area contributed by atoms with Crippen LogP contribution in [0.2, 0.25) is 0 Å². The van der Waals surface area contributed by atoms with E-state index in [0.717, 1.165) is 12.8 Å². The zero-order valence-corrected chi connectivity index (χ0v) is 13.5. The fourth-order valence-electron chi connectivity index (χ4n) is 4.36. The molecule has 2 bridgehead atoms. The summed E-state index contributed by atoms with van der Waals surface area (Å²) in [5.74, 6) is -0.945. The van der Waals surface area contributed by atoms with Crippen LogP contribution in [0.1, 0.15) is 19.8 Å². The Labute approximate surface area is 140 Å². The van der Waals surface area contributed by atoms with Crippen LogP contribution in [0.15, 0.2) is 42.5 Å². The molecule has 1 N–H and O–H groups in total. The Morgan fingerprint density at radius 1 is 1.04 bits per heavy atom. The van der Waals surface area contributed by atoms with Crippen molar-refractivity contribution < 1.29 is 14.4 Å². The molecule has 5 atom stereocenters. The molecule has 5 nitrogen and oxygen atoms in total. The van der Waals surface area contributed by atoms with Crippen LogP contribution in [0.25, 0.3) is 0 Å². The van der Waals surface area contributed by atoms with E-state index in [-0.39, 0.29) is 41.4 Å². The smallest absolute Gasteiger partial charge is 0.247 e. The lowest BCUT2D eigenvalue weighted by Gasteiger charge is -2.38. The normalized spacial score (nSPS) is 32.0. The van der Waals surface area contributed by atoms with E-state index < -0.39 is 6.04 Å². The Kier molecular flexibility index (Phi) is 3.52. The fraction of sp³-hybridized carbons (Fsp3) is 0.421. The SMILES string of the molecule is CC(C(=O)Nc1ccccc1)N1C(=O)C2C3C=CC(CC3)C2C1=O. The van der Waals surface area contributed by atoms with Crippen molar-refractivity contribution in [3.8, 4) is 0 Å². The molecule has 1 aliphatic heterocycles. The van der Waals surface area contributed by atoms with Crippen LogP contribution in [0.5, 0.6) is 0 Å². The first-order valence-electron chi connectivity index (χ1n) is 8.49. The molecular weight excluding hydrogens is 304 g/mol. The number of nitrogens with one attached hydrogen (secondary N) is 1. The highest BCUT2D eigenvalue weighted by Gasteiger charge is 2.58. The van der Waals surface area contributed by atoms with Crippen LogP contribution >= 0.6 is 0 Å². The van der Waals surface area contributed by atoms with Crippen molar-refractivity contribution >= 4 is 23.4 Å². The Hall–Kier alpha value is -2.43. The topological polar surface area (TPSA) is 66.5 Å². The molecule has 3 aliphatic carbocycles. The predicted molar refractivity (Wildman–Crippen MR) is 88.7 cm³/mol. The van der Waals surface area contributed by atoms with E-state index in [1.807, 2.05) is 18.2 Å². The molecule has 1 saturated carbocycles. The van der Waals surface area contributed by atoms with Crippen LogP contribution in [0, 0.1) is 23.7 Å². The number of nitrogens with zero attached hydrogens (tertiary/aromatic N) is 1. The van der Waals surface area contributed by atoms with Gasteiger partial charge in [-0.05, 0) is 43.7 Å². The van der Waals surface area contributed by atoms with Crippen LogP contribution in [-0.2, 0) is 14.4 Å². The second-order valence-electron chi connectivity index (χ2n) is 6.92. The molecule has 5 unspecified atom stereocenters. The van der Waals surface area contributed by atoms with Gasteiger partial charge in [-0.1, -0.05) is 30.4 Å². The minimum atomic E-state index is -0.796. The first-order valence-corrected chi connectivity index (χ1v) is 8.49. The van der Waals surface area contributed by atoms with Crippen LogP contribution in [0.4, 0.5) is 5.69 Å². The van der Waals surface area contributed by atoms with Crippen LogP contribution in [0.3, 0.4) is 0 Å². The Bertz CT molecular complexity index is 695. The highest BCUT2D eigenvalue weighted by Crippen LogP contribution is 2.49. The number of hydrogen-bond acceptors (Lipinski definition) is 3. The molecule has 1 aromatic carbocycles. The third-order valence-electron chi connectivity index (χ3n) is 5.60. The van der Waals surface area contributed by atoms with Crippen molar-refractivity contribution in [3.63, 3.8) is 0 Å². The fourth-order valence-corrected chi connectivity index (χ4v) is 4.36. The van der Waals surface area contributed by atoms with Gasteiger partial charge in [0, 0.05) is 5.69 Å². The van der Waals surface area contributed by atoms with Crippen LogP contribution in [-0.4, -0.2) is 28.7 Å². The highest BCUT2D eigenvalue weighted by atomic mass is 16.2. The van der Waals surface area contributed by atoms with E-state index in [2.05, 4.69) is 17.5 Å². The van der Waals surface area contributed by atoms with Crippen LogP contribution < -0.4 is 5.32 Å². The molecule has 2 fully saturated rings. The lowest BCUT2D eigenvalue weighted by Crippen LogP contribution is -2.46. The molecule has 0 aromatic heterocycles. The largest absolute Gasteiger partial charge is 0.324 e. The maximum Gasteiger partial charge on any atom is 0.247 e. The summed E-state index contributed by atoms with van der Waals surface area (Å²) in [5.41, 5.74) is 0.660. The van der Waals surface area contributed by atoms with E-state index in [9.17, 15) is 14.4 Å². The van der Waals surface area contributed by atoms with E-state index in [0.29, 0.717) is 5.69 Å². The molecule has 1 aromatic rings. The number of allylic oxidation sites excluding steroid dienone is 2. The number of hydrogen-bond donors (Lipinski definition) is 1. The minimum Gasteiger partial charge on any atom is -0.324 e. The van der Waals surface area contributed by atoms with Gasteiger partial charge in [-0.25, -0.2) is 0 Å². The zero-order valence-electron chi connectivity index (χ0n) is 13.5. The number of likely N-dealkylation sites (tertiary alicyclic amines) is 1. The number of anilines is 1. The second-order valence-corrected chi connectivity index (χ2v) is 6.92. The van der Waals surface area contributed by atoms with Gasteiger partial charge in [0.2, 0.25) is 17.7 Å². The molecule has 3 amide bonds. The molecular formula is C19H20N2O3. The van der Waals surface area contributed by atoms with E-state index >= 15 is 0 Å². The Morgan fingerprint density at radius 3 is 2.08 bits per heavy atom.